The number of carbonyl (C=O) groups excluding carboxylic acids is 1. The summed E-state index contributed by atoms with van der Waals surface area (Å²) in [5, 5.41) is 0.875. The van der Waals surface area contributed by atoms with Crippen LogP contribution >= 0.6 is 0 Å². The van der Waals surface area contributed by atoms with Crippen LogP contribution < -0.4 is 5.73 Å². The first-order valence-electron chi connectivity index (χ1n) is 4.57. The van der Waals surface area contributed by atoms with Gasteiger partial charge in [0.2, 0.25) is 0 Å². The molecule has 0 saturated carbocycles. The number of esters is 1. The van der Waals surface area contributed by atoms with Crippen LogP contribution in [0.15, 0.2) is 24.4 Å². The lowest BCUT2D eigenvalue weighted by Gasteiger charge is -2.03. The molecule has 2 N–H and O–H groups in total. The van der Waals surface area contributed by atoms with Gasteiger partial charge in [0, 0.05) is 18.6 Å². The van der Waals surface area contributed by atoms with Gasteiger partial charge in [0.25, 0.3) is 0 Å². The van der Waals surface area contributed by atoms with Gasteiger partial charge < -0.3 is 15.0 Å². The first kappa shape index (κ1) is 9.58. The lowest BCUT2D eigenvalue weighted by atomic mass is 10.1. The molecule has 0 aliphatic carbocycles. The van der Waals surface area contributed by atoms with Crippen LogP contribution in [0.5, 0.6) is 0 Å². The maximum Gasteiger partial charge on any atom is 0.340 e. The van der Waals surface area contributed by atoms with Gasteiger partial charge in [-0.15, -0.1) is 0 Å². The lowest BCUT2D eigenvalue weighted by molar-refractivity contribution is 0.0602. The molecule has 0 amide bonds. The molecule has 4 heteroatoms. The quantitative estimate of drug-likeness (QED) is 0.717. The van der Waals surface area contributed by atoms with E-state index in [1.165, 1.54) is 7.11 Å². The third-order valence-corrected chi connectivity index (χ3v) is 2.44. The number of rotatable bonds is 1. The van der Waals surface area contributed by atoms with E-state index in [9.17, 15) is 4.79 Å². The molecule has 2 aromatic rings. The van der Waals surface area contributed by atoms with E-state index in [-0.39, 0.29) is 5.97 Å². The number of methoxy groups -OCH3 is 1. The van der Waals surface area contributed by atoms with Crippen molar-refractivity contribution in [3.63, 3.8) is 0 Å². The van der Waals surface area contributed by atoms with E-state index in [0.29, 0.717) is 11.3 Å². The zero-order valence-corrected chi connectivity index (χ0v) is 8.65. The van der Waals surface area contributed by atoms with Gasteiger partial charge in [-0.3, -0.25) is 0 Å². The number of hydrogen-bond acceptors (Lipinski definition) is 3. The first-order valence-corrected chi connectivity index (χ1v) is 4.57. The second kappa shape index (κ2) is 3.31. The lowest BCUT2D eigenvalue weighted by Crippen LogP contribution is -2.03. The molecule has 4 nitrogen and oxygen atoms in total. The second-order valence-electron chi connectivity index (χ2n) is 3.39. The smallest absolute Gasteiger partial charge is 0.340 e. The normalized spacial score (nSPS) is 10.5. The summed E-state index contributed by atoms with van der Waals surface area (Å²) in [4.78, 5) is 11.5. The highest BCUT2D eigenvalue weighted by molar-refractivity contribution is 6.06. The Morgan fingerprint density at radius 3 is 2.87 bits per heavy atom. The number of aryl methyl sites for hydroxylation is 1. The van der Waals surface area contributed by atoms with Crippen molar-refractivity contribution in [3.05, 3.63) is 30.0 Å². The molecule has 0 aliphatic rings. The Bertz CT molecular complexity index is 529. The van der Waals surface area contributed by atoms with Crippen molar-refractivity contribution in [1.82, 2.24) is 4.57 Å². The van der Waals surface area contributed by atoms with E-state index in [1.54, 1.807) is 18.3 Å². The summed E-state index contributed by atoms with van der Waals surface area (Å²) < 4.78 is 6.55. The summed E-state index contributed by atoms with van der Waals surface area (Å²) in [6.07, 6.45) is 1.79. The number of aromatic nitrogens is 1. The second-order valence-corrected chi connectivity index (χ2v) is 3.39. The molecule has 0 spiro atoms. The van der Waals surface area contributed by atoms with Crippen molar-refractivity contribution in [3.8, 4) is 0 Å². The zero-order valence-electron chi connectivity index (χ0n) is 8.65. The van der Waals surface area contributed by atoms with Gasteiger partial charge in [-0.25, -0.2) is 4.79 Å². The Kier molecular flexibility index (Phi) is 2.11. The highest BCUT2D eigenvalue weighted by Gasteiger charge is 2.14. The largest absolute Gasteiger partial charge is 0.465 e. The van der Waals surface area contributed by atoms with Crippen molar-refractivity contribution in [2.75, 3.05) is 12.8 Å². The molecule has 0 fully saturated rings. The van der Waals surface area contributed by atoms with Gasteiger partial charge >= 0.3 is 5.97 Å². The molecule has 78 valence electrons. The zero-order chi connectivity index (χ0) is 11.0. The fourth-order valence-electron chi connectivity index (χ4n) is 1.77. The summed E-state index contributed by atoms with van der Waals surface area (Å²) >= 11 is 0. The first-order chi connectivity index (χ1) is 7.15. The molecule has 0 radical (unpaired) electrons. The van der Waals surface area contributed by atoms with Crippen LogP contribution in [-0.4, -0.2) is 17.6 Å². The Morgan fingerprint density at radius 1 is 1.47 bits per heavy atom. The average molecular weight is 204 g/mol. The van der Waals surface area contributed by atoms with Crippen LogP contribution in [0.1, 0.15) is 10.4 Å². The minimum atomic E-state index is -0.346. The maximum atomic E-state index is 11.5. The Labute approximate surface area is 87.2 Å². The van der Waals surface area contributed by atoms with Gasteiger partial charge in [0.15, 0.2) is 0 Å². The van der Waals surface area contributed by atoms with Gasteiger partial charge in [-0.2, -0.15) is 0 Å². The van der Waals surface area contributed by atoms with E-state index in [2.05, 4.69) is 0 Å². The van der Waals surface area contributed by atoms with Gasteiger partial charge in [0.1, 0.15) is 0 Å². The topological polar surface area (TPSA) is 57.2 Å². The van der Waals surface area contributed by atoms with Crippen molar-refractivity contribution in [1.29, 1.82) is 0 Å². The maximum absolute atomic E-state index is 11.5. The van der Waals surface area contributed by atoms with E-state index < -0.39 is 0 Å². The summed E-state index contributed by atoms with van der Waals surface area (Å²) in [5.41, 5.74) is 7.82. The molecule has 1 heterocycles. The summed E-state index contributed by atoms with van der Waals surface area (Å²) in [6.45, 7) is 0. The predicted molar refractivity (Wildman–Crippen MR) is 58.7 cm³/mol. The van der Waals surface area contributed by atoms with Crippen molar-refractivity contribution in [2.24, 2.45) is 7.05 Å². The number of para-hydroxylation sites is 1. The number of nitrogens with two attached hydrogens (primary N) is 1. The minimum Gasteiger partial charge on any atom is -0.465 e. The van der Waals surface area contributed by atoms with Gasteiger partial charge in [-0.05, 0) is 6.07 Å². The molecule has 1 aromatic carbocycles. The molecule has 1 aromatic heterocycles. The summed E-state index contributed by atoms with van der Waals surface area (Å²) in [6, 6.07) is 5.41. The molecular weight excluding hydrogens is 192 g/mol. The standard InChI is InChI=1S/C11H12N2O2/c1-13-6-9(12)7-4-3-5-8(10(7)13)11(14)15-2/h3-6H,12H2,1-2H3. The van der Waals surface area contributed by atoms with Crippen LogP contribution in [0.2, 0.25) is 0 Å². The Morgan fingerprint density at radius 2 is 2.20 bits per heavy atom. The van der Waals surface area contributed by atoms with Crippen molar-refractivity contribution >= 4 is 22.6 Å². The average Bonchev–Trinajstić information content (AvgIpc) is 2.54. The van der Waals surface area contributed by atoms with E-state index in [1.807, 2.05) is 17.7 Å². The number of benzene rings is 1. The van der Waals surface area contributed by atoms with E-state index in [0.717, 1.165) is 10.9 Å². The minimum absolute atomic E-state index is 0.346. The molecule has 0 aliphatic heterocycles. The van der Waals surface area contributed by atoms with Crippen LogP contribution in [0.25, 0.3) is 10.9 Å². The number of nitrogen functional groups attached to an aromatic ring is 1. The number of nitrogens with zero attached hydrogens (tertiary/aromatic N) is 1. The van der Waals surface area contributed by atoms with Crippen LogP contribution in [0.4, 0.5) is 5.69 Å². The van der Waals surface area contributed by atoms with Crippen LogP contribution in [0, 0.1) is 0 Å². The van der Waals surface area contributed by atoms with E-state index in [4.69, 9.17) is 10.5 Å². The molecular formula is C11H12N2O2. The van der Waals surface area contributed by atoms with Gasteiger partial charge in [0.05, 0.1) is 23.9 Å². The number of fused-ring (bicyclic) bond motifs is 1. The summed E-state index contributed by atoms with van der Waals surface area (Å²) in [7, 11) is 3.22. The Balaban J connectivity index is 2.80. The number of anilines is 1. The summed E-state index contributed by atoms with van der Waals surface area (Å²) in [5.74, 6) is -0.346. The third-order valence-electron chi connectivity index (χ3n) is 2.44. The molecule has 0 unspecified atom stereocenters. The fourth-order valence-corrected chi connectivity index (χ4v) is 1.77. The van der Waals surface area contributed by atoms with Gasteiger partial charge in [-0.1, -0.05) is 12.1 Å². The molecule has 2 rings (SSSR count). The monoisotopic (exact) mass is 204 g/mol. The fraction of sp³-hybridized carbons (Fsp3) is 0.182. The van der Waals surface area contributed by atoms with Crippen molar-refractivity contribution in [2.45, 2.75) is 0 Å². The SMILES string of the molecule is COC(=O)c1cccc2c(N)cn(C)c12. The van der Waals surface area contributed by atoms with Crippen molar-refractivity contribution < 1.29 is 9.53 Å². The number of hydrogen-bond donors (Lipinski definition) is 1. The highest BCUT2D eigenvalue weighted by atomic mass is 16.5. The van der Waals surface area contributed by atoms with Crippen LogP contribution in [-0.2, 0) is 11.8 Å². The van der Waals surface area contributed by atoms with Crippen LogP contribution in [0.3, 0.4) is 0 Å². The molecule has 0 bridgehead atoms. The third kappa shape index (κ3) is 1.34. The number of carbonyl (C=O) groups is 1. The molecule has 15 heavy (non-hydrogen) atoms. The van der Waals surface area contributed by atoms with E-state index >= 15 is 0 Å². The predicted octanol–water partition coefficient (Wildman–Crippen LogP) is 1.55. The molecule has 0 atom stereocenters. The number of ether oxygens (including phenoxy) is 1. The highest BCUT2D eigenvalue weighted by Crippen LogP contribution is 2.25. The Hall–Kier alpha value is -1.97. The molecule has 0 saturated heterocycles.